The predicted molar refractivity (Wildman–Crippen MR) is 238 cm³/mol. The number of aliphatic hydroxyl groups excluding tert-OH is 1. The smallest absolute Gasteiger partial charge is 0.411 e. The number of methoxy groups -OCH3 is 1. The number of rotatable bonds is 16. The molecule has 320 valence electrons. The highest BCUT2D eigenvalue weighted by molar-refractivity contribution is 6.05. The summed E-state index contributed by atoms with van der Waals surface area (Å²) in [7, 11) is 1.52. The van der Waals surface area contributed by atoms with E-state index in [4.69, 9.17) is 9.47 Å². The maximum absolute atomic E-state index is 13.3. The first-order chi connectivity index (χ1) is 30.1. The molecule has 14 heteroatoms. The van der Waals surface area contributed by atoms with Crippen molar-refractivity contribution in [2.45, 2.75) is 44.6 Å². The fraction of sp³-hybridized carbons (Fsp3) is 0.250. The molecular formula is C48H50N6O8. The van der Waals surface area contributed by atoms with Crippen molar-refractivity contribution in [1.29, 1.82) is 0 Å². The van der Waals surface area contributed by atoms with E-state index in [0.29, 0.717) is 79.1 Å². The second kappa shape index (κ2) is 20.5. The highest BCUT2D eigenvalue weighted by Gasteiger charge is 2.23. The molecule has 1 atom stereocenters. The van der Waals surface area contributed by atoms with E-state index in [9.17, 15) is 29.4 Å². The van der Waals surface area contributed by atoms with E-state index in [0.717, 1.165) is 22.3 Å². The molecule has 0 spiro atoms. The minimum Gasteiger partial charge on any atom is -0.506 e. The summed E-state index contributed by atoms with van der Waals surface area (Å²) in [6.07, 6.45) is 0.0607. The molecule has 1 saturated heterocycles. The lowest BCUT2D eigenvalue weighted by Gasteiger charge is -2.31. The van der Waals surface area contributed by atoms with Gasteiger partial charge in [0.2, 0.25) is 11.5 Å². The summed E-state index contributed by atoms with van der Waals surface area (Å²) in [5, 5.41) is 33.6. The van der Waals surface area contributed by atoms with E-state index in [1.165, 1.54) is 19.2 Å². The number of piperidine rings is 1. The Kier molecular flexibility index (Phi) is 14.3. The summed E-state index contributed by atoms with van der Waals surface area (Å²) in [5.41, 5.74) is 5.62. The van der Waals surface area contributed by atoms with E-state index in [1.807, 2.05) is 66.7 Å². The zero-order chi connectivity index (χ0) is 43.4. The number of phenolic OH excluding ortho intramolecular Hbond substituents is 1. The van der Waals surface area contributed by atoms with Gasteiger partial charge in [-0.1, -0.05) is 72.8 Å². The normalized spacial score (nSPS) is 13.6. The number of fused-ring (bicyclic) bond motifs is 1. The highest BCUT2D eigenvalue weighted by Crippen LogP contribution is 2.30. The van der Waals surface area contributed by atoms with Crippen molar-refractivity contribution in [3.63, 3.8) is 0 Å². The minimum absolute atomic E-state index is 0.0763. The molecule has 0 radical (unpaired) electrons. The molecule has 62 heavy (non-hydrogen) atoms. The van der Waals surface area contributed by atoms with E-state index in [2.05, 4.69) is 31.2 Å². The van der Waals surface area contributed by atoms with Crippen molar-refractivity contribution < 1.29 is 34.1 Å². The van der Waals surface area contributed by atoms with Gasteiger partial charge in [0.05, 0.1) is 30.1 Å². The Balaban J connectivity index is 0.822. The first-order valence-electron chi connectivity index (χ1n) is 20.6. The third-order valence-electron chi connectivity index (χ3n) is 10.8. The second-order valence-electron chi connectivity index (χ2n) is 15.1. The first-order valence-corrected chi connectivity index (χ1v) is 20.6. The van der Waals surface area contributed by atoms with Gasteiger partial charge in [0.15, 0.2) is 0 Å². The minimum atomic E-state index is -0.914. The number of phenols is 1. The van der Waals surface area contributed by atoms with Crippen molar-refractivity contribution in [3.05, 3.63) is 154 Å². The fourth-order valence-electron chi connectivity index (χ4n) is 7.53. The molecule has 0 aliphatic carbocycles. The Morgan fingerprint density at radius 2 is 1.60 bits per heavy atom. The number of likely N-dealkylation sites (tertiary alicyclic amines) is 1. The van der Waals surface area contributed by atoms with Gasteiger partial charge in [-0.3, -0.25) is 19.7 Å². The number of ether oxygens (including phenoxy) is 2. The number of aromatic amines is 1. The van der Waals surface area contributed by atoms with Crippen LogP contribution in [-0.2, 0) is 22.6 Å². The summed E-state index contributed by atoms with van der Waals surface area (Å²) in [6, 6.07) is 35.9. The molecule has 1 aliphatic rings. The van der Waals surface area contributed by atoms with Crippen molar-refractivity contribution in [2.75, 3.05) is 43.9 Å². The lowest BCUT2D eigenvalue weighted by atomic mass is 10.0. The Bertz CT molecular complexity index is 2570. The van der Waals surface area contributed by atoms with Crippen LogP contribution in [0.1, 0.15) is 52.4 Å². The monoisotopic (exact) mass is 838 g/mol. The van der Waals surface area contributed by atoms with Gasteiger partial charge >= 0.3 is 6.09 Å². The van der Waals surface area contributed by atoms with E-state index in [-0.39, 0.29) is 47.8 Å². The number of aromatic nitrogens is 1. The number of hydrogen-bond acceptors (Lipinski definition) is 10. The lowest BCUT2D eigenvalue weighted by molar-refractivity contribution is -0.121. The van der Waals surface area contributed by atoms with Gasteiger partial charge in [-0.15, -0.1) is 0 Å². The molecule has 1 aliphatic heterocycles. The van der Waals surface area contributed by atoms with Crippen LogP contribution in [0.25, 0.3) is 22.0 Å². The number of aliphatic hydroxyl groups is 1. The summed E-state index contributed by atoms with van der Waals surface area (Å²) < 4.78 is 11.3. The average Bonchev–Trinajstić information content (AvgIpc) is 3.29. The number of benzene rings is 5. The number of anilines is 2. The van der Waals surface area contributed by atoms with Gasteiger partial charge < -0.3 is 45.5 Å². The number of pyridine rings is 1. The zero-order valence-electron chi connectivity index (χ0n) is 34.4. The summed E-state index contributed by atoms with van der Waals surface area (Å²) in [5.74, 6) is -0.0598. The van der Waals surface area contributed by atoms with Crippen LogP contribution in [0.15, 0.2) is 126 Å². The number of hydrogen-bond donors (Lipinski definition) is 7. The van der Waals surface area contributed by atoms with Gasteiger partial charge in [0.25, 0.3) is 5.91 Å². The number of nitrogens with zero attached hydrogens (tertiary/aromatic N) is 1. The van der Waals surface area contributed by atoms with Gasteiger partial charge in [0.1, 0.15) is 17.6 Å². The third kappa shape index (κ3) is 11.2. The second-order valence-corrected chi connectivity index (χ2v) is 15.1. The Morgan fingerprint density at radius 3 is 2.40 bits per heavy atom. The molecule has 1 aromatic heterocycles. The molecule has 0 bridgehead atoms. The number of H-pyrrole nitrogens is 1. The van der Waals surface area contributed by atoms with Crippen LogP contribution in [0, 0.1) is 0 Å². The summed E-state index contributed by atoms with van der Waals surface area (Å²) in [4.78, 5) is 55.5. The molecule has 5 aromatic carbocycles. The quantitative estimate of drug-likeness (QED) is 0.0551. The van der Waals surface area contributed by atoms with Crippen LogP contribution >= 0.6 is 0 Å². The Morgan fingerprint density at radius 1 is 0.823 bits per heavy atom. The van der Waals surface area contributed by atoms with E-state index < -0.39 is 12.2 Å². The molecule has 2 heterocycles. The molecule has 7 N–H and O–H groups in total. The predicted octanol–water partition coefficient (Wildman–Crippen LogP) is 6.70. The number of para-hydroxylation sites is 1. The molecule has 1 fully saturated rings. The average molecular weight is 839 g/mol. The highest BCUT2D eigenvalue weighted by atomic mass is 16.6. The van der Waals surface area contributed by atoms with Crippen molar-refractivity contribution >= 4 is 40.2 Å². The van der Waals surface area contributed by atoms with Gasteiger partial charge in [-0.2, -0.15) is 0 Å². The van der Waals surface area contributed by atoms with Crippen LogP contribution in [-0.4, -0.2) is 77.4 Å². The standard InChI is InChI=1S/C48H50N6O8/c1-61-43-27-32(28-49-30-42(56)37-15-18-41(55)46-38(37)16-19-45(58)53-46)14-17-40(43)51-47(59)34-11-7-8-31(26-34)29-50-44(57)22-25-54-23-20-35(21-24-54)62-48(60)52-39-13-6-5-12-36(39)33-9-3-2-4-10-33/h2-19,26-27,35,42,49,55-56H,20-25,28-30H2,1H3,(H,50,57)(H,51,59)(H,52,60)(H,53,58)/t42-/m0/s1. The topological polar surface area (TPSA) is 194 Å². The largest absolute Gasteiger partial charge is 0.506 e. The molecular weight excluding hydrogens is 789 g/mol. The van der Waals surface area contributed by atoms with Crippen LogP contribution in [0.3, 0.4) is 0 Å². The van der Waals surface area contributed by atoms with Crippen molar-refractivity contribution in [2.24, 2.45) is 0 Å². The van der Waals surface area contributed by atoms with Crippen LogP contribution in [0.5, 0.6) is 11.5 Å². The van der Waals surface area contributed by atoms with Crippen LogP contribution in [0.4, 0.5) is 16.2 Å². The maximum atomic E-state index is 13.3. The fourth-order valence-corrected chi connectivity index (χ4v) is 7.53. The SMILES string of the molecule is COc1cc(CNC[C@H](O)c2ccc(O)c3[nH]c(=O)ccc23)ccc1NC(=O)c1cccc(CNC(=O)CCN2CCC(OC(=O)Nc3ccccc3-c3ccccc3)CC2)c1. The third-order valence-corrected chi connectivity index (χ3v) is 10.8. The molecule has 0 unspecified atom stereocenters. The number of nitrogens with one attached hydrogen (secondary N) is 5. The number of carbonyl (C=O) groups excluding carboxylic acids is 3. The molecule has 14 nitrogen and oxygen atoms in total. The number of aromatic hydroxyl groups is 1. The Hall–Kier alpha value is -7.00. The molecule has 3 amide bonds. The first kappa shape index (κ1) is 43.1. The van der Waals surface area contributed by atoms with E-state index >= 15 is 0 Å². The number of carbonyl (C=O) groups is 3. The molecule has 0 saturated carbocycles. The molecule has 6 aromatic rings. The van der Waals surface area contributed by atoms with Gasteiger partial charge in [0, 0.05) is 68.3 Å². The Labute approximate surface area is 358 Å². The van der Waals surface area contributed by atoms with Crippen molar-refractivity contribution in [1.82, 2.24) is 20.5 Å². The van der Waals surface area contributed by atoms with E-state index in [1.54, 1.807) is 42.5 Å². The lowest BCUT2D eigenvalue weighted by Crippen LogP contribution is -2.40. The summed E-state index contributed by atoms with van der Waals surface area (Å²) in [6.45, 7) is 2.85. The van der Waals surface area contributed by atoms with Gasteiger partial charge in [-0.05, 0) is 77.6 Å². The molecule has 7 rings (SSSR count). The van der Waals surface area contributed by atoms with Gasteiger partial charge in [-0.25, -0.2) is 4.79 Å². The maximum Gasteiger partial charge on any atom is 0.411 e. The zero-order valence-corrected chi connectivity index (χ0v) is 34.4. The summed E-state index contributed by atoms with van der Waals surface area (Å²) >= 11 is 0. The van der Waals surface area contributed by atoms with Crippen LogP contribution in [0.2, 0.25) is 0 Å². The number of amides is 3. The van der Waals surface area contributed by atoms with Crippen LogP contribution < -0.4 is 31.6 Å². The van der Waals surface area contributed by atoms with Crippen molar-refractivity contribution in [3.8, 4) is 22.6 Å².